The van der Waals surface area contributed by atoms with Crippen molar-refractivity contribution in [1.82, 2.24) is 9.88 Å². The van der Waals surface area contributed by atoms with Crippen LogP contribution in [0.1, 0.15) is 64.6 Å². The Bertz CT molecular complexity index is 1520. The van der Waals surface area contributed by atoms with E-state index in [9.17, 15) is 14.0 Å². The van der Waals surface area contributed by atoms with Crippen LogP contribution in [0, 0.1) is 19.7 Å². The van der Waals surface area contributed by atoms with Crippen molar-refractivity contribution in [3.05, 3.63) is 93.9 Å². The molecule has 0 fully saturated rings. The summed E-state index contributed by atoms with van der Waals surface area (Å²) in [6, 6.07) is 15.8. The van der Waals surface area contributed by atoms with E-state index in [0.717, 1.165) is 45.1 Å². The molecule has 0 saturated heterocycles. The molecule has 0 unspecified atom stereocenters. The Morgan fingerprint density at radius 1 is 1.03 bits per heavy atom. The average Bonchev–Trinajstić information content (AvgIpc) is 3.11. The first-order valence-electron chi connectivity index (χ1n) is 12.8. The fourth-order valence-electron chi connectivity index (χ4n) is 4.97. The summed E-state index contributed by atoms with van der Waals surface area (Å²) < 4.78 is 21.8. The van der Waals surface area contributed by atoms with Crippen molar-refractivity contribution in [2.75, 3.05) is 0 Å². The third-order valence-corrected chi connectivity index (χ3v) is 6.95. The van der Waals surface area contributed by atoms with Gasteiger partial charge >= 0.3 is 5.97 Å². The van der Waals surface area contributed by atoms with E-state index < -0.39 is 5.97 Å². The second-order valence-corrected chi connectivity index (χ2v) is 9.75. The molecule has 1 heterocycles. The maximum atomic E-state index is 13.8. The zero-order chi connectivity index (χ0) is 27.6. The minimum Gasteiger partial charge on any atom is -0.481 e. The van der Waals surface area contributed by atoms with Gasteiger partial charge in [0, 0.05) is 24.4 Å². The van der Waals surface area contributed by atoms with Gasteiger partial charge in [-0.15, -0.1) is 0 Å². The Kier molecular flexibility index (Phi) is 7.86. The molecule has 0 aliphatic carbocycles. The van der Waals surface area contributed by atoms with Crippen LogP contribution in [0.4, 0.5) is 4.39 Å². The lowest BCUT2D eigenvalue weighted by molar-refractivity contribution is -0.136. The number of benzene rings is 3. The number of aliphatic carboxylic acids is 1. The van der Waals surface area contributed by atoms with Crippen molar-refractivity contribution in [2.45, 2.75) is 53.0 Å². The van der Waals surface area contributed by atoms with E-state index in [0.29, 0.717) is 23.6 Å². The third-order valence-electron chi connectivity index (χ3n) is 6.95. The van der Waals surface area contributed by atoms with Crippen molar-refractivity contribution < 1.29 is 23.8 Å². The van der Waals surface area contributed by atoms with Crippen molar-refractivity contribution in [2.24, 2.45) is 7.05 Å². The van der Waals surface area contributed by atoms with E-state index in [2.05, 4.69) is 5.32 Å². The fraction of sp³-hybridized carbons (Fsp3) is 0.290. The van der Waals surface area contributed by atoms with Crippen LogP contribution in [0.5, 0.6) is 11.5 Å². The Balaban J connectivity index is 1.54. The summed E-state index contributed by atoms with van der Waals surface area (Å²) in [4.78, 5) is 24.3. The Hall–Kier alpha value is -4.13. The quantitative estimate of drug-likeness (QED) is 0.256. The summed E-state index contributed by atoms with van der Waals surface area (Å²) in [6.45, 7) is 7.75. The lowest BCUT2D eigenvalue weighted by Gasteiger charge is -2.18. The van der Waals surface area contributed by atoms with Crippen LogP contribution in [-0.2, 0) is 24.7 Å². The highest BCUT2D eigenvalue weighted by atomic mass is 19.1. The number of halogens is 1. The van der Waals surface area contributed by atoms with Gasteiger partial charge in [0.15, 0.2) is 0 Å². The van der Waals surface area contributed by atoms with E-state index in [1.807, 2.05) is 71.1 Å². The number of carboxylic acids is 1. The Labute approximate surface area is 222 Å². The molecule has 1 amide bonds. The van der Waals surface area contributed by atoms with Gasteiger partial charge in [0.05, 0.1) is 6.04 Å². The second kappa shape index (κ2) is 11.1. The molecule has 0 aliphatic rings. The summed E-state index contributed by atoms with van der Waals surface area (Å²) >= 11 is 0. The molecule has 2 N–H and O–H groups in total. The van der Waals surface area contributed by atoms with Crippen LogP contribution in [0.15, 0.2) is 54.6 Å². The monoisotopic (exact) mass is 516 g/mol. The van der Waals surface area contributed by atoms with E-state index >= 15 is 0 Å². The largest absolute Gasteiger partial charge is 0.481 e. The number of carbonyl (C=O) groups is 2. The molecule has 0 aliphatic heterocycles. The molecule has 3 aromatic carbocycles. The number of amides is 1. The molecule has 6 nitrogen and oxygen atoms in total. The van der Waals surface area contributed by atoms with Crippen molar-refractivity contribution >= 4 is 22.8 Å². The van der Waals surface area contributed by atoms with Crippen LogP contribution in [0.2, 0.25) is 0 Å². The second-order valence-electron chi connectivity index (χ2n) is 9.75. The van der Waals surface area contributed by atoms with E-state index in [4.69, 9.17) is 9.84 Å². The minimum atomic E-state index is -0.814. The molecule has 0 saturated carbocycles. The number of rotatable bonds is 9. The van der Waals surface area contributed by atoms with Crippen LogP contribution < -0.4 is 10.1 Å². The molecule has 1 aromatic heterocycles. The number of hydrogen-bond acceptors (Lipinski definition) is 3. The maximum absolute atomic E-state index is 13.8. The predicted molar refractivity (Wildman–Crippen MR) is 147 cm³/mol. The highest BCUT2D eigenvalue weighted by Crippen LogP contribution is 2.30. The molecule has 4 rings (SSSR count). The lowest BCUT2D eigenvalue weighted by atomic mass is 10.0. The maximum Gasteiger partial charge on any atom is 0.303 e. The number of nitrogens with one attached hydrogen (secondary N) is 1. The normalized spacial score (nSPS) is 11.9. The van der Waals surface area contributed by atoms with Gasteiger partial charge in [0.2, 0.25) is 0 Å². The highest BCUT2D eigenvalue weighted by Gasteiger charge is 2.21. The van der Waals surface area contributed by atoms with E-state index in [1.54, 1.807) is 10.6 Å². The smallest absolute Gasteiger partial charge is 0.303 e. The fourth-order valence-corrected chi connectivity index (χ4v) is 4.97. The number of aryl methyl sites for hydroxylation is 5. The number of fused-ring (bicyclic) bond motifs is 1. The third kappa shape index (κ3) is 5.72. The standard InChI is InChI=1S/C31H33FN2O4/c1-6-21-15-25(10-7-22(21)8-12-29(35)36)38-26-14-18(2)13-23(16-26)20(4)33-31(37)30-19(3)27-17-24(32)9-11-28(27)34(30)5/h7,9-11,13-17,20H,6,8,12H2,1-5H3,(H,33,37)(H,35,36)/t20-/m1/s1. The van der Waals surface area contributed by atoms with Gasteiger partial charge in [-0.05, 0) is 104 Å². The van der Waals surface area contributed by atoms with Gasteiger partial charge in [-0.1, -0.05) is 19.1 Å². The topological polar surface area (TPSA) is 80.6 Å². The lowest BCUT2D eigenvalue weighted by Crippen LogP contribution is -2.29. The summed E-state index contributed by atoms with van der Waals surface area (Å²) in [5, 5.41) is 12.8. The highest BCUT2D eigenvalue weighted by molar-refractivity contribution is 6.01. The zero-order valence-electron chi connectivity index (χ0n) is 22.4. The van der Waals surface area contributed by atoms with Crippen LogP contribution in [0.25, 0.3) is 10.9 Å². The van der Waals surface area contributed by atoms with Crippen LogP contribution >= 0.6 is 0 Å². The van der Waals surface area contributed by atoms with Crippen LogP contribution in [0.3, 0.4) is 0 Å². The van der Waals surface area contributed by atoms with Gasteiger partial charge in [-0.3, -0.25) is 9.59 Å². The van der Waals surface area contributed by atoms with E-state index in [1.165, 1.54) is 12.1 Å². The first-order valence-corrected chi connectivity index (χ1v) is 12.8. The first kappa shape index (κ1) is 26.9. The Morgan fingerprint density at radius 2 is 1.79 bits per heavy atom. The molecular formula is C31H33FN2O4. The van der Waals surface area contributed by atoms with Gasteiger partial charge in [-0.25, -0.2) is 4.39 Å². The minimum absolute atomic E-state index is 0.0905. The number of ether oxygens (including phenoxy) is 1. The number of nitrogens with zero attached hydrogens (tertiary/aromatic N) is 1. The molecule has 1 atom stereocenters. The van der Waals surface area contributed by atoms with Gasteiger partial charge < -0.3 is 19.7 Å². The van der Waals surface area contributed by atoms with Crippen molar-refractivity contribution in [3.63, 3.8) is 0 Å². The number of carboxylic acid groups (broad SMARTS) is 1. The molecule has 0 spiro atoms. The molecule has 7 heteroatoms. The Morgan fingerprint density at radius 3 is 2.50 bits per heavy atom. The first-order chi connectivity index (χ1) is 18.1. The molecule has 4 aromatic rings. The SMILES string of the molecule is CCc1cc(Oc2cc(C)cc([C@@H](C)NC(=O)c3c(C)c4cc(F)ccc4n3C)c2)ccc1CCC(=O)O. The van der Waals surface area contributed by atoms with Crippen molar-refractivity contribution in [1.29, 1.82) is 0 Å². The predicted octanol–water partition coefficient (Wildman–Crippen LogP) is 6.80. The van der Waals surface area contributed by atoms with Crippen LogP contribution in [-0.4, -0.2) is 21.6 Å². The van der Waals surface area contributed by atoms with E-state index in [-0.39, 0.29) is 24.2 Å². The molecule has 198 valence electrons. The molecule has 0 radical (unpaired) electrons. The summed E-state index contributed by atoms with van der Waals surface area (Å²) in [5.74, 6) is -0.0574. The van der Waals surface area contributed by atoms with Crippen molar-refractivity contribution in [3.8, 4) is 11.5 Å². The van der Waals surface area contributed by atoms with Gasteiger partial charge in [0.1, 0.15) is 23.0 Å². The van der Waals surface area contributed by atoms with Gasteiger partial charge in [0.25, 0.3) is 5.91 Å². The summed E-state index contributed by atoms with van der Waals surface area (Å²) in [7, 11) is 1.81. The summed E-state index contributed by atoms with van der Waals surface area (Å²) in [5.41, 5.74) is 5.98. The number of hydrogen-bond donors (Lipinski definition) is 2. The summed E-state index contributed by atoms with van der Waals surface area (Å²) in [6.07, 6.45) is 1.34. The molecule has 0 bridgehead atoms. The number of aromatic nitrogens is 1. The zero-order valence-corrected chi connectivity index (χ0v) is 22.4. The molecule has 38 heavy (non-hydrogen) atoms. The number of carbonyl (C=O) groups excluding carboxylic acids is 1. The average molecular weight is 517 g/mol. The molecular weight excluding hydrogens is 483 g/mol. The van der Waals surface area contributed by atoms with Gasteiger partial charge in [-0.2, -0.15) is 0 Å².